The zero-order valence-corrected chi connectivity index (χ0v) is 20.4. The molecule has 12 nitrogen and oxygen atoms in total. The number of carbonyl (C=O) groups is 5. The van der Waals surface area contributed by atoms with E-state index < -0.39 is 54.3 Å². The van der Waals surface area contributed by atoms with Gasteiger partial charge in [-0.15, -0.1) is 0 Å². The number of primary amides is 1. The molecule has 0 aliphatic carbocycles. The highest BCUT2D eigenvalue weighted by Gasteiger charge is 2.29. The average Bonchev–Trinajstić information content (AvgIpc) is 3.22. The Labute approximate surface area is 208 Å². The van der Waals surface area contributed by atoms with Gasteiger partial charge in [0.25, 0.3) is 0 Å². The first-order valence-corrected chi connectivity index (χ1v) is 11.7. The van der Waals surface area contributed by atoms with E-state index in [0.29, 0.717) is 0 Å². The molecule has 1 aromatic heterocycles. The van der Waals surface area contributed by atoms with Crippen LogP contribution in [0.1, 0.15) is 38.7 Å². The molecule has 0 aliphatic heterocycles. The number of fused-ring (bicyclic) bond motifs is 1. The standard InChI is InChI=1S/C24H34N6O6/c1-13(2)9-18(23(35)28-12-21(32)33)30-24(36)19(29-22(34)16(25)7-8-20(26)31)10-14-11-27-17-6-4-3-5-15(14)17/h3-6,11,13,16,18-19,27H,7-10,12,25H2,1-2H3,(H2,26,31)(H,28,35)(H,29,34)(H,30,36)(H,32,33). The first-order chi connectivity index (χ1) is 17.0. The molecule has 9 N–H and O–H groups in total. The predicted octanol–water partition coefficient (Wildman–Crippen LogP) is -0.480. The second-order valence-electron chi connectivity index (χ2n) is 9.04. The quantitative estimate of drug-likeness (QED) is 0.180. The number of para-hydroxylation sites is 1. The Morgan fingerprint density at radius 2 is 1.67 bits per heavy atom. The van der Waals surface area contributed by atoms with Gasteiger partial charge >= 0.3 is 5.97 Å². The molecule has 12 heteroatoms. The fraction of sp³-hybridized carbons (Fsp3) is 0.458. The van der Waals surface area contributed by atoms with Crippen LogP contribution in [0, 0.1) is 5.92 Å². The summed E-state index contributed by atoms with van der Waals surface area (Å²) in [5.41, 5.74) is 12.6. The third-order valence-corrected chi connectivity index (χ3v) is 5.52. The summed E-state index contributed by atoms with van der Waals surface area (Å²) in [4.78, 5) is 63.6. The fourth-order valence-electron chi connectivity index (χ4n) is 3.70. The maximum atomic E-state index is 13.3. The molecular weight excluding hydrogens is 468 g/mol. The van der Waals surface area contributed by atoms with Crippen LogP contribution in [0.3, 0.4) is 0 Å². The van der Waals surface area contributed by atoms with Crippen molar-refractivity contribution in [1.29, 1.82) is 0 Å². The molecular formula is C24H34N6O6. The van der Waals surface area contributed by atoms with Crippen molar-refractivity contribution < 1.29 is 29.1 Å². The molecule has 3 atom stereocenters. The lowest BCUT2D eigenvalue weighted by Crippen LogP contribution is -2.57. The Morgan fingerprint density at radius 1 is 1.00 bits per heavy atom. The summed E-state index contributed by atoms with van der Waals surface area (Å²) in [5, 5.41) is 17.3. The van der Waals surface area contributed by atoms with Gasteiger partial charge < -0.3 is 37.5 Å². The van der Waals surface area contributed by atoms with Gasteiger partial charge in [0.2, 0.25) is 23.6 Å². The van der Waals surface area contributed by atoms with E-state index in [9.17, 15) is 24.0 Å². The van der Waals surface area contributed by atoms with Gasteiger partial charge in [0.15, 0.2) is 0 Å². The number of carboxylic acids is 1. The number of hydrogen-bond acceptors (Lipinski definition) is 6. The third-order valence-electron chi connectivity index (χ3n) is 5.52. The number of nitrogens with one attached hydrogen (secondary N) is 4. The van der Waals surface area contributed by atoms with Crippen LogP contribution in [-0.2, 0) is 30.4 Å². The highest BCUT2D eigenvalue weighted by Crippen LogP contribution is 2.19. The normalized spacial score (nSPS) is 13.6. The van der Waals surface area contributed by atoms with E-state index in [1.54, 1.807) is 6.20 Å². The van der Waals surface area contributed by atoms with E-state index in [-0.39, 0.29) is 31.6 Å². The summed E-state index contributed by atoms with van der Waals surface area (Å²) >= 11 is 0. The fourth-order valence-corrected chi connectivity index (χ4v) is 3.70. The largest absolute Gasteiger partial charge is 0.480 e. The summed E-state index contributed by atoms with van der Waals surface area (Å²) in [6.45, 7) is 3.12. The smallest absolute Gasteiger partial charge is 0.322 e. The molecule has 196 valence electrons. The monoisotopic (exact) mass is 502 g/mol. The molecule has 0 radical (unpaired) electrons. The van der Waals surface area contributed by atoms with Gasteiger partial charge in [-0.05, 0) is 30.4 Å². The average molecular weight is 503 g/mol. The predicted molar refractivity (Wildman–Crippen MR) is 132 cm³/mol. The third kappa shape index (κ3) is 8.69. The van der Waals surface area contributed by atoms with E-state index in [1.807, 2.05) is 38.1 Å². The minimum Gasteiger partial charge on any atom is -0.480 e. The molecule has 1 heterocycles. The van der Waals surface area contributed by atoms with Crippen LogP contribution in [0.25, 0.3) is 10.9 Å². The van der Waals surface area contributed by atoms with E-state index in [0.717, 1.165) is 16.5 Å². The maximum absolute atomic E-state index is 13.3. The van der Waals surface area contributed by atoms with Crippen molar-refractivity contribution in [2.75, 3.05) is 6.54 Å². The number of carboxylic acid groups (broad SMARTS) is 1. The molecule has 36 heavy (non-hydrogen) atoms. The number of rotatable bonds is 14. The molecule has 0 fully saturated rings. The Hall–Kier alpha value is -3.93. The molecule has 0 saturated carbocycles. The van der Waals surface area contributed by atoms with Gasteiger partial charge in [0.05, 0.1) is 6.04 Å². The van der Waals surface area contributed by atoms with Crippen LogP contribution in [0.4, 0.5) is 0 Å². The topological polar surface area (TPSA) is 209 Å². The van der Waals surface area contributed by atoms with Crippen LogP contribution in [-0.4, -0.2) is 64.4 Å². The van der Waals surface area contributed by atoms with Crippen molar-refractivity contribution in [2.45, 2.75) is 57.7 Å². The van der Waals surface area contributed by atoms with E-state index in [4.69, 9.17) is 16.6 Å². The Bertz CT molecular complexity index is 1100. The zero-order valence-electron chi connectivity index (χ0n) is 20.4. The SMILES string of the molecule is CC(C)CC(NC(=O)C(Cc1c[nH]c2ccccc12)NC(=O)C(N)CCC(N)=O)C(=O)NCC(=O)O. The summed E-state index contributed by atoms with van der Waals surface area (Å²) in [7, 11) is 0. The number of aromatic nitrogens is 1. The number of nitrogens with two attached hydrogens (primary N) is 2. The summed E-state index contributed by atoms with van der Waals surface area (Å²) < 4.78 is 0. The first kappa shape index (κ1) is 28.3. The molecule has 0 aliphatic rings. The maximum Gasteiger partial charge on any atom is 0.322 e. The minimum absolute atomic E-state index is 0.00904. The van der Waals surface area contributed by atoms with Crippen LogP contribution < -0.4 is 27.4 Å². The van der Waals surface area contributed by atoms with E-state index >= 15 is 0 Å². The van der Waals surface area contributed by atoms with Crippen LogP contribution in [0.15, 0.2) is 30.5 Å². The van der Waals surface area contributed by atoms with Gasteiger partial charge in [0, 0.05) is 29.9 Å². The van der Waals surface area contributed by atoms with Crippen molar-refractivity contribution in [1.82, 2.24) is 20.9 Å². The zero-order chi connectivity index (χ0) is 26.8. The number of aliphatic carboxylic acids is 1. The lowest BCUT2D eigenvalue weighted by Gasteiger charge is -2.25. The highest BCUT2D eigenvalue weighted by molar-refractivity contribution is 5.94. The van der Waals surface area contributed by atoms with Gasteiger partial charge in [-0.1, -0.05) is 32.0 Å². The molecule has 0 saturated heterocycles. The van der Waals surface area contributed by atoms with Crippen molar-refractivity contribution in [3.05, 3.63) is 36.0 Å². The lowest BCUT2D eigenvalue weighted by molar-refractivity contribution is -0.138. The Balaban J connectivity index is 2.25. The van der Waals surface area contributed by atoms with E-state index in [2.05, 4.69) is 20.9 Å². The second kappa shape index (κ2) is 13.2. The molecule has 1 aromatic carbocycles. The summed E-state index contributed by atoms with van der Waals surface area (Å²) in [6.07, 6.45) is 2.00. The van der Waals surface area contributed by atoms with Crippen molar-refractivity contribution >= 4 is 40.5 Å². The molecule has 4 amide bonds. The second-order valence-corrected chi connectivity index (χ2v) is 9.04. The molecule has 2 rings (SSSR count). The first-order valence-electron chi connectivity index (χ1n) is 11.7. The molecule has 2 aromatic rings. The number of amides is 4. The van der Waals surface area contributed by atoms with Gasteiger partial charge in [-0.2, -0.15) is 0 Å². The minimum atomic E-state index is -1.22. The molecule has 3 unspecified atom stereocenters. The molecule has 0 bridgehead atoms. The van der Waals surface area contributed by atoms with Crippen molar-refractivity contribution in [3.8, 4) is 0 Å². The number of hydrogen-bond donors (Lipinski definition) is 7. The Morgan fingerprint density at radius 3 is 2.31 bits per heavy atom. The van der Waals surface area contributed by atoms with Crippen molar-refractivity contribution in [2.24, 2.45) is 17.4 Å². The lowest BCUT2D eigenvalue weighted by atomic mass is 10.0. The number of benzene rings is 1. The van der Waals surface area contributed by atoms with E-state index in [1.165, 1.54) is 0 Å². The van der Waals surface area contributed by atoms with Crippen LogP contribution >= 0.6 is 0 Å². The number of aromatic amines is 1. The summed E-state index contributed by atoms with van der Waals surface area (Å²) in [5.74, 6) is -3.73. The van der Waals surface area contributed by atoms with Crippen LogP contribution in [0.2, 0.25) is 0 Å². The number of carbonyl (C=O) groups excluding carboxylic acids is 4. The highest BCUT2D eigenvalue weighted by atomic mass is 16.4. The van der Waals surface area contributed by atoms with Crippen LogP contribution in [0.5, 0.6) is 0 Å². The van der Waals surface area contributed by atoms with Gasteiger partial charge in [-0.3, -0.25) is 24.0 Å². The Kier molecular flexibility index (Phi) is 10.4. The molecule has 0 spiro atoms. The van der Waals surface area contributed by atoms with Gasteiger partial charge in [-0.25, -0.2) is 0 Å². The van der Waals surface area contributed by atoms with Crippen molar-refractivity contribution in [3.63, 3.8) is 0 Å². The summed E-state index contributed by atoms with van der Waals surface area (Å²) in [6, 6.07) is 4.27. The van der Waals surface area contributed by atoms with Gasteiger partial charge in [0.1, 0.15) is 18.6 Å². The number of H-pyrrole nitrogens is 1.